The topological polar surface area (TPSA) is 45.0 Å². The zero-order chi connectivity index (χ0) is 14.5. The molecule has 0 aliphatic rings. The Morgan fingerprint density at radius 1 is 1.26 bits per heavy atom. The first-order chi connectivity index (χ1) is 8.93. The third kappa shape index (κ3) is 3.97. The van der Waals surface area contributed by atoms with Gasteiger partial charge in [0, 0.05) is 6.42 Å². The van der Waals surface area contributed by atoms with Gasteiger partial charge in [0.05, 0.1) is 12.7 Å². The van der Waals surface area contributed by atoms with Crippen LogP contribution in [0.3, 0.4) is 0 Å². The zero-order valence-corrected chi connectivity index (χ0v) is 12.6. The summed E-state index contributed by atoms with van der Waals surface area (Å²) in [6, 6.07) is 6.50. The lowest BCUT2D eigenvalue weighted by molar-refractivity contribution is 0.266. The molecule has 1 rings (SSSR count). The molecule has 1 aromatic carbocycles. The monoisotopic (exact) mass is 260 g/mol. The molecule has 0 heterocycles. The predicted octanol–water partition coefficient (Wildman–Crippen LogP) is 3.27. The highest BCUT2D eigenvalue weighted by Crippen LogP contribution is 2.26. The lowest BCUT2D eigenvalue weighted by Gasteiger charge is -2.23. The van der Waals surface area contributed by atoms with Gasteiger partial charge >= 0.3 is 0 Å². The van der Waals surface area contributed by atoms with Crippen LogP contribution in [0.5, 0.6) is 5.75 Å². The van der Waals surface area contributed by atoms with Crippen LogP contribution >= 0.6 is 0 Å². The summed E-state index contributed by atoms with van der Waals surface area (Å²) in [5.74, 6) is 0.955. The van der Waals surface area contributed by atoms with E-state index in [9.17, 15) is 5.26 Å². The Balaban J connectivity index is 2.69. The molecule has 1 unspecified atom stereocenters. The molecule has 0 aliphatic heterocycles. The third-order valence-electron chi connectivity index (χ3n) is 3.54. The van der Waals surface area contributed by atoms with Crippen molar-refractivity contribution in [2.45, 2.75) is 46.6 Å². The number of rotatable bonds is 6. The highest BCUT2D eigenvalue weighted by Gasteiger charge is 2.22. The van der Waals surface area contributed by atoms with E-state index in [1.54, 1.807) is 0 Å². The Bertz CT molecular complexity index is 476. The Morgan fingerprint density at radius 2 is 1.89 bits per heavy atom. The van der Waals surface area contributed by atoms with Crippen LogP contribution in [0.2, 0.25) is 0 Å². The molecule has 0 amide bonds. The van der Waals surface area contributed by atoms with Crippen LogP contribution in [-0.2, 0) is 0 Å². The molecule has 0 saturated carbocycles. The van der Waals surface area contributed by atoms with Gasteiger partial charge in [-0.25, -0.2) is 0 Å². The molecule has 1 atom stereocenters. The van der Waals surface area contributed by atoms with Crippen LogP contribution in [0, 0.1) is 32.1 Å². The maximum Gasteiger partial charge on any atom is 0.125 e. The normalized spacial score (nSPS) is 13.7. The molecular weight excluding hydrogens is 236 g/mol. The molecule has 0 aromatic heterocycles. The van der Waals surface area contributed by atoms with E-state index in [2.05, 4.69) is 44.3 Å². The summed E-state index contributed by atoms with van der Waals surface area (Å²) < 4.78 is 5.90. The summed E-state index contributed by atoms with van der Waals surface area (Å²) in [6.45, 7) is 11.5. The van der Waals surface area contributed by atoms with Crippen molar-refractivity contribution in [2.24, 2.45) is 0 Å². The lowest BCUT2D eigenvalue weighted by Crippen LogP contribution is -2.42. The summed E-state index contributed by atoms with van der Waals surface area (Å²) >= 11 is 0. The average Bonchev–Trinajstić information content (AvgIpc) is 2.38. The van der Waals surface area contributed by atoms with E-state index in [-0.39, 0.29) is 0 Å². The van der Waals surface area contributed by atoms with Crippen molar-refractivity contribution in [1.82, 2.24) is 5.32 Å². The molecule has 19 heavy (non-hydrogen) atoms. The molecule has 0 aliphatic carbocycles. The highest BCUT2D eigenvalue weighted by atomic mass is 16.5. The Hall–Kier alpha value is -1.53. The van der Waals surface area contributed by atoms with Gasteiger partial charge in [-0.3, -0.25) is 5.32 Å². The molecule has 0 radical (unpaired) electrons. The summed E-state index contributed by atoms with van der Waals surface area (Å²) in [5, 5.41) is 12.4. The maximum absolute atomic E-state index is 9.20. The molecule has 104 valence electrons. The fourth-order valence-corrected chi connectivity index (χ4v) is 2.08. The second-order valence-corrected chi connectivity index (χ2v) is 5.23. The molecule has 3 nitrogen and oxygen atoms in total. The number of nitrogens with zero attached hydrogens (tertiary/aromatic N) is 1. The Labute approximate surface area is 116 Å². The van der Waals surface area contributed by atoms with Crippen molar-refractivity contribution in [3.8, 4) is 11.8 Å². The molecule has 3 heteroatoms. The van der Waals surface area contributed by atoms with Gasteiger partial charge in [-0.1, -0.05) is 19.1 Å². The molecule has 1 aromatic rings. The van der Waals surface area contributed by atoms with Crippen LogP contribution in [0.4, 0.5) is 0 Å². The summed E-state index contributed by atoms with van der Waals surface area (Å²) in [4.78, 5) is 0. The van der Waals surface area contributed by atoms with E-state index in [0.717, 1.165) is 17.9 Å². The van der Waals surface area contributed by atoms with Crippen LogP contribution < -0.4 is 10.1 Å². The van der Waals surface area contributed by atoms with Crippen molar-refractivity contribution in [2.75, 3.05) is 13.2 Å². The van der Waals surface area contributed by atoms with Crippen molar-refractivity contribution < 1.29 is 4.74 Å². The Morgan fingerprint density at radius 3 is 2.47 bits per heavy atom. The van der Waals surface area contributed by atoms with Gasteiger partial charge < -0.3 is 4.74 Å². The van der Waals surface area contributed by atoms with Gasteiger partial charge in [-0.15, -0.1) is 0 Å². The highest BCUT2D eigenvalue weighted by molar-refractivity contribution is 5.44. The van der Waals surface area contributed by atoms with Crippen molar-refractivity contribution in [3.05, 3.63) is 28.8 Å². The van der Waals surface area contributed by atoms with Gasteiger partial charge in [0.25, 0.3) is 0 Å². The van der Waals surface area contributed by atoms with E-state index >= 15 is 0 Å². The summed E-state index contributed by atoms with van der Waals surface area (Å²) in [5.41, 5.74) is 3.04. The second-order valence-electron chi connectivity index (χ2n) is 5.23. The van der Waals surface area contributed by atoms with Crippen molar-refractivity contribution >= 4 is 0 Å². The first-order valence-corrected chi connectivity index (χ1v) is 6.79. The molecule has 0 fully saturated rings. The molecule has 0 spiro atoms. The van der Waals surface area contributed by atoms with Crippen LogP contribution in [0.25, 0.3) is 0 Å². The first-order valence-electron chi connectivity index (χ1n) is 6.79. The van der Waals surface area contributed by atoms with Crippen LogP contribution in [0.15, 0.2) is 12.1 Å². The summed E-state index contributed by atoms with van der Waals surface area (Å²) in [6.07, 6.45) is 0.671. The molecule has 0 bridgehead atoms. The van der Waals surface area contributed by atoms with Crippen molar-refractivity contribution in [3.63, 3.8) is 0 Å². The molecule has 1 N–H and O–H groups in total. The average molecular weight is 260 g/mol. The Kier molecular flexibility index (Phi) is 5.38. The van der Waals surface area contributed by atoms with Gasteiger partial charge in [0.2, 0.25) is 0 Å². The smallest absolute Gasteiger partial charge is 0.125 e. The fourth-order valence-electron chi connectivity index (χ4n) is 2.08. The fraction of sp³-hybridized carbons (Fsp3) is 0.562. The number of nitrogens with one attached hydrogen (secondary N) is 1. The number of hydrogen-bond acceptors (Lipinski definition) is 3. The second kappa shape index (κ2) is 6.58. The molecule has 0 saturated heterocycles. The number of benzene rings is 1. The number of hydrogen-bond donors (Lipinski definition) is 1. The van der Waals surface area contributed by atoms with E-state index in [1.807, 2.05) is 13.8 Å². The largest absolute Gasteiger partial charge is 0.493 e. The van der Waals surface area contributed by atoms with Gasteiger partial charge in [-0.05, 0) is 50.9 Å². The maximum atomic E-state index is 9.20. The van der Waals surface area contributed by atoms with E-state index in [1.165, 1.54) is 11.1 Å². The van der Waals surface area contributed by atoms with Gasteiger partial charge in [-0.2, -0.15) is 5.26 Å². The summed E-state index contributed by atoms with van der Waals surface area (Å²) in [7, 11) is 0. The predicted molar refractivity (Wildman–Crippen MR) is 78.5 cm³/mol. The van der Waals surface area contributed by atoms with E-state index < -0.39 is 5.54 Å². The third-order valence-corrected chi connectivity index (χ3v) is 3.54. The van der Waals surface area contributed by atoms with Crippen molar-refractivity contribution in [1.29, 1.82) is 5.26 Å². The van der Waals surface area contributed by atoms with Gasteiger partial charge in [0.1, 0.15) is 11.3 Å². The lowest BCUT2D eigenvalue weighted by atomic mass is 10.0. The number of aryl methyl sites for hydroxylation is 2. The number of nitriles is 1. The minimum absolute atomic E-state index is 0.514. The zero-order valence-electron chi connectivity index (χ0n) is 12.6. The molecular formula is C16H24N2O. The van der Waals surface area contributed by atoms with Crippen LogP contribution in [-0.4, -0.2) is 18.7 Å². The SMILES string of the molecule is CCNC(C)(C#N)CCOc1c(C)ccc(C)c1C. The quantitative estimate of drug-likeness (QED) is 0.853. The van der Waals surface area contributed by atoms with E-state index in [4.69, 9.17) is 4.74 Å². The van der Waals surface area contributed by atoms with Crippen LogP contribution in [0.1, 0.15) is 37.0 Å². The number of ether oxygens (including phenoxy) is 1. The van der Waals surface area contributed by atoms with Gasteiger partial charge in [0.15, 0.2) is 0 Å². The minimum atomic E-state index is -0.514. The van der Waals surface area contributed by atoms with E-state index in [0.29, 0.717) is 13.0 Å². The first kappa shape index (κ1) is 15.5. The minimum Gasteiger partial charge on any atom is -0.493 e. The standard InChI is InChI=1S/C16H24N2O/c1-6-18-16(5,11-17)9-10-19-15-13(3)8-7-12(2)14(15)4/h7-8,18H,6,9-10H2,1-5H3.